The minimum atomic E-state index is -0.102. The fourth-order valence-electron chi connectivity index (χ4n) is 3.30. The van der Waals surface area contributed by atoms with Gasteiger partial charge in [-0.1, -0.05) is 58.9 Å². The van der Waals surface area contributed by atoms with Gasteiger partial charge in [0.2, 0.25) is 11.8 Å². The SMILES string of the molecule is O=C(CSc1nnc(CNc2ccc(Cl)cc2)o1)N1c2ccccc2Sc2ccc(Cl)cc21. The Kier molecular flexibility index (Phi) is 6.50. The molecule has 33 heavy (non-hydrogen) atoms. The normalized spacial score (nSPS) is 12.2. The molecular formula is C23H16Cl2N4O2S2. The molecule has 5 rings (SSSR count). The molecule has 2 heterocycles. The second kappa shape index (κ2) is 9.69. The number of thioether (sulfide) groups is 1. The van der Waals surface area contributed by atoms with Crippen LogP contribution in [0.5, 0.6) is 0 Å². The monoisotopic (exact) mass is 514 g/mol. The number of carbonyl (C=O) groups is 1. The Morgan fingerprint density at radius 3 is 2.58 bits per heavy atom. The van der Waals surface area contributed by atoms with Crippen molar-refractivity contribution in [1.82, 2.24) is 10.2 Å². The van der Waals surface area contributed by atoms with E-state index in [0.717, 1.165) is 26.9 Å². The van der Waals surface area contributed by atoms with Crippen molar-refractivity contribution >= 4 is 69.7 Å². The first-order chi connectivity index (χ1) is 16.1. The summed E-state index contributed by atoms with van der Waals surface area (Å²) in [5.74, 6) is 0.462. The number of benzene rings is 3. The molecule has 6 nitrogen and oxygen atoms in total. The number of nitrogens with one attached hydrogen (secondary N) is 1. The van der Waals surface area contributed by atoms with E-state index in [1.807, 2.05) is 54.6 Å². The Morgan fingerprint density at radius 1 is 0.970 bits per heavy atom. The van der Waals surface area contributed by atoms with Crippen LogP contribution in [0.2, 0.25) is 10.0 Å². The number of carbonyl (C=O) groups excluding carboxylic acids is 1. The quantitative estimate of drug-likeness (QED) is 0.280. The molecule has 0 aliphatic carbocycles. The maximum absolute atomic E-state index is 13.3. The lowest BCUT2D eigenvalue weighted by Crippen LogP contribution is -2.30. The molecule has 166 valence electrons. The van der Waals surface area contributed by atoms with E-state index in [9.17, 15) is 4.79 Å². The first kappa shape index (κ1) is 22.2. The third-order valence-corrected chi connectivity index (χ3v) is 7.21. The van der Waals surface area contributed by atoms with Crippen LogP contribution in [-0.4, -0.2) is 21.9 Å². The highest BCUT2D eigenvalue weighted by atomic mass is 35.5. The molecule has 3 aromatic carbocycles. The van der Waals surface area contributed by atoms with Gasteiger partial charge in [-0.2, -0.15) is 0 Å². The van der Waals surface area contributed by atoms with Crippen molar-refractivity contribution in [2.45, 2.75) is 21.6 Å². The zero-order valence-corrected chi connectivity index (χ0v) is 20.1. The molecule has 1 amide bonds. The first-order valence-electron chi connectivity index (χ1n) is 9.91. The Bertz CT molecular complexity index is 1310. The predicted molar refractivity (Wildman–Crippen MR) is 133 cm³/mol. The number of halogens is 2. The molecule has 10 heteroatoms. The van der Waals surface area contributed by atoms with E-state index in [2.05, 4.69) is 15.5 Å². The largest absolute Gasteiger partial charge is 0.414 e. The zero-order chi connectivity index (χ0) is 22.8. The molecule has 1 aliphatic heterocycles. The number of aromatic nitrogens is 2. The Hall–Kier alpha value is -2.65. The summed E-state index contributed by atoms with van der Waals surface area (Å²) in [4.78, 5) is 17.0. The van der Waals surface area contributed by atoms with Crippen LogP contribution in [0, 0.1) is 0 Å². The van der Waals surface area contributed by atoms with E-state index in [4.69, 9.17) is 27.6 Å². The molecule has 1 aliphatic rings. The smallest absolute Gasteiger partial charge is 0.277 e. The summed E-state index contributed by atoms with van der Waals surface area (Å²) in [7, 11) is 0. The van der Waals surface area contributed by atoms with E-state index in [1.54, 1.807) is 28.8 Å². The summed E-state index contributed by atoms with van der Waals surface area (Å²) < 4.78 is 5.68. The number of anilines is 3. The van der Waals surface area contributed by atoms with Crippen LogP contribution >= 0.6 is 46.7 Å². The van der Waals surface area contributed by atoms with Crippen molar-refractivity contribution in [3.63, 3.8) is 0 Å². The summed E-state index contributed by atoms with van der Waals surface area (Å²) in [6, 6.07) is 20.7. The average Bonchev–Trinajstić information content (AvgIpc) is 3.28. The highest BCUT2D eigenvalue weighted by Gasteiger charge is 2.28. The van der Waals surface area contributed by atoms with Gasteiger partial charge in [-0.3, -0.25) is 9.69 Å². The summed E-state index contributed by atoms with van der Waals surface area (Å²) in [6.07, 6.45) is 0. The lowest BCUT2D eigenvalue weighted by Gasteiger charge is -2.31. The highest BCUT2D eigenvalue weighted by Crippen LogP contribution is 2.49. The summed E-state index contributed by atoms with van der Waals surface area (Å²) in [5.41, 5.74) is 2.50. The number of nitrogens with zero attached hydrogens (tertiary/aromatic N) is 3. The molecule has 0 saturated carbocycles. The average molecular weight is 515 g/mol. The van der Waals surface area contributed by atoms with E-state index in [0.29, 0.717) is 27.7 Å². The van der Waals surface area contributed by atoms with Gasteiger partial charge in [-0.05, 0) is 54.6 Å². The van der Waals surface area contributed by atoms with Crippen molar-refractivity contribution in [3.05, 3.63) is 82.7 Å². The van der Waals surface area contributed by atoms with Crippen molar-refractivity contribution in [1.29, 1.82) is 0 Å². The predicted octanol–water partition coefficient (Wildman–Crippen LogP) is 6.91. The maximum Gasteiger partial charge on any atom is 0.277 e. The van der Waals surface area contributed by atoms with E-state index in [-0.39, 0.29) is 11.7 Å². The lowest BCUT2D eigenvalue weighted by molar-refractivity contribution is -0.115. The van der Waals surface area contributed by atoms with Gasteiger partial charge in [-0.15, -0.1) is 10.2 Å². The molecule has 4 aromatic rings. The van der Waals surface area contributed by atoms with Crippen LogP contribution in [0.1, 0.15) is 5.89 Å². The van der Waals surface area contributed by atoms with Crippen LogP contribution in [0.3, 0.4) is 0 Å². The number of para-hydroxylation sites is 1. The third kappa shape index (κ3) is 4.99. The van der Waals surface area contributed by atoms with Crippen molar-refractivity contribution in [3.8, 4) is 0 Å². The van der Waals surface area contributed by atoms with Crippen LogP contribution in [0.4, 0.5) is 17.1 Å². The third-order valence-electron chi connectivity index (χ3n) is 4.79. The van der Waals surface area contributed by atoms with Crippen LogP contribution in [-0.2, 0) is 11.3 Å². The summed E-state index contributed by atoms with van der Waals surface area (Å²) in [5, 5.41) is 12.9. The minimum absolute atomic E-state index is 0.102. The molecule has 1 N–H and O–H groups in total. The first-order valence-corrected chi connectivity index (χ1v) is 12.5. The van der Waals surface area contributed by atoms with Crippen molar-refractivity contribution in [2.24, 2.45) is 0 Å². The fourth-order valence-corrected chi connectivity index (χ4v) is 5.26. The second-order valence-electron chi connectivity index (χ2n) is 7.02. The molecule has 0 saturated heterocycles. The molecule has 0 bridgehead atoms. The van der Waals surface area contributed by atoms with Crippen LogP contribution in [0.15, 0.2) is 86.2 Å². The standard InChI is InChI=1S/C23H16Cl2N4O2S2/c24-14-5-8-16(9-6-14)26-12-21-27-28-23(31-21)32-13-22(30)29-17-3-1-2-4-19(17)33-20-10-7-15(25)11-18(20)29/h1-11,26H,12-13H2. The van der Waals surface area contributed by atoms with E-state index < -0.39 is 0 Å². The molecule has 0 fully saturated rings. The lowest BCUT2D eigenvalue weighted by atomic mass is 10.2. The van der Waals surface area contributed by atoms with Gasteiger partial charge in [0.1, 0.15) is 0 Å². The zero-order valence-electron chi connectivity index (χ0n) is 17.0. The molecule has 0 spiro atoms. The Morgan fingerprint density at radius 2 is 1.73 bits per heavy atom. The van der Waals surface area contributed by atoms with Gasteiger partial charge in [0.15, 0.2) is 0 Å². The maximum atomic E-state index is 13.3. The second-order valence-corrected chi connectivity index (χ2v) is 9.91. The molecule has 0 atom stereocenters. The van der Waals surface area contributed by atoms with Gasteiger partial charge in [0.05, 0.1) is 23.7 Å². The van der Waals surface area contributed by atoms with Crippen LogP contribution < -0.4 is 10.2 Å². The topological polar surface area (TPSA) is 71.3 Å². The van der Waals surface area contributed by atoms with Crippen LogP contribution in [0.25, 0.3) is 0 Å². The van der Waals surface area contributed by atoms with Crippen molar-refractivity contribution < 1.29 is 9.21 Å². The number of hydrogen-bond acceptors (Lipinski definition) is 7. The summed E-state index contributed by atoms with van der Waals surface area (Å²) >= 11 is 15.0. The van der Waals surface area contributed by atoms with Gasteiger partial charge >= 0.3 is 0 Å². The Labute approximate surface area is 208 Å². The van der Waals surface area contributed by atoms with E-state index in [1.165, 1.54) is 11.8 Å². The van der Waals surface area contributed by atoms with Gasteiger partial charge in [-0.25, -0.2) is 0 Å². The minimum Gasteiger partial charge on any atom is -0.414 e. The number of rotatable bonds is 6. The molecule has 1 aromatic heterocycles. The molecule has 0 unspecified atom stereocenters. The van der Waals surface area contributed by atoms with E-state index >= 15 is 0 Å². The summed E-state index contributed by atoms with van der Waals surface area (Å²) in [6.45, 7) is 0.367. The number of fused-ring (bicyclic) bond motifs is 2. The molecular weight excluding hydrogens is 499 g/mol. The number of amides is 1. The fraction of sp³-hybridized carbons (Fsp3) is 0.0870. The Balaban J connectivity index is 1.27. The number of hydrogen-bond donors (Lipinski definition) is 1. The van der Waals surface area contributed by atoms with Gasteiger partial charge in [0, 0.05) is 25.5 Å². The van der Waals surface area contributed by atoms with Crippen molar-refractivity contribution in [2.75, 3.05) is 16.0 Å². The van der Waals surface area contributed by atoms with Gasteiger partial charge in [0.25, 0.3) is 5.22 Å². The van der Waals surface area contributed by atoms with Gasteiger partial charge < -0.3 is 9.73 Å². The highest BCUT2D eigenvalue weighted by molar-refractivity contribution is 8.00. The molecule has 0 radical (unpaired) electrons.